The molecule has 0 saturated heterocycles. The highest BCUT2D eigenvalue weighted by Gasteiger charge is 2.32. The van der Waals surface area contributed by atoms with Crippen molar-refractivity contribution < 1.29 is 9.90 Å². The van der Waals surface area contributed by atoms with Crippen molar-refractivity contribution in [3.05, 3.63) is 41.1 Å². The summed E-state index contributed by atoms with van der Waals surface area (Å²) in [4.78, 5) is 13.1. The maximum Gasteiger partial charge on any atom is 0.254 e. The molecule has 2 heterocycles. The number of aliphatic hydroxyl groups is 1. The standard InChI is InChI=1S/C17H20N4O2/c18-16-13-9-10(22)5-6-15(13)21(20-16)17(23)12-7-8-19-14-4-2-1-3-11(12)14/h1-4,10,12,19,22H,5-9H2,(H2,18,20)/t10-,12-/m0/s1. The molecule has 0 bridgehead atoms. The molecule has 0 fully saturated rings. The fourth-order valence-electron chi connectivity index (χ4n) is 3.68. The first-order valence-electron chi connectivity index (χ1n) is 8.06. The lowest BCUT2D eigenvalue weighted by Gasteiger charge is -2.26. The number of carbonyl (C=O) groups is 1. The largest absolute Gasteiger partial charge is 0.393 e. The van der Waals surface area contributed by atoms with Crippen molar-refractivity contribution >= 4 is 17.4 Å². The van der Waals surface area contributed by atoms with E-state index >= 15 is 0 Å². The molecule has 120 valence electrons. The van der Waals surface area contributed by atoms with E-state index < -0.39 is 6.10 Å². The van der Waals surface area contributed by atoms with Gasteiger partial charge in [0.2, 0.25) is 0 Å². The zero-order valence-electron chi connectivity index (χ0n) is 12.8. The molecule has 0 unspecified atom stereocenters. The maximum atomic E-state index is 13.1. The Morgan fingerprint density at radius 2 is 2.17 bits per heavy atom. The minimum absolute atomic E-state index is 0.0247. The molecule has 23 heavy (non-hydrogen) atoms. The summed E-state index contributed by atoms with van der Waals surface area (Å²) in [6, 6.07) is 7.91. The predicted molar refractivity (Wildman–Crippen MR) is 87.6 cm³/mol. The monoisotopic (exact) mass is 312 g/mol. The minimum atomic E-state index is -0.392. The van der Waals surface area contributed by atoms with Gasteiger partial charge < -0.3 is 16.2 Å². The summed E-state index contributed by atoms with van der Waals surface area (Å²) < 4.78 is 1.49. The smallest absolute Gasteiger partial charge is 0.254 e. The molecule has 2 aliphatic rings. The highest BCUT2D eigenvalue weighted by Crippen LogP contribution is 2.34. The molecule has 4 N–H and O–H groups in total. The number of para-hydroxylation sites is 1. The number of aliphatic hydroxyl groups excluding tert-OH is 1. The van der Waals surface area contributed by atoms with E-state index in [-0.39, 0.29) is 11.8 Å². The lowest BCUT2D eigenvalue weighted by molar-refractivity contribution is 0.0848. The van der Waals surface area contributed by atoms with Crippen LogP contribution in [-0.4, -0.2) is 33.4 Å². The van der Waals surface area contributed by atoms with E-state index in [0.29, 0.717) is 25.1 Å². The van der Waals surface area contributed by atoms with Crippen LogP contribution in [0.2, 0.25) is 0 Å². The summed E-state index contributed by atoms with van der Waals surface area (Å²) in [6.45, 7) is 0.769. The van der Waals surface area contributed by atoms with Crippen molar-refractivity contribution in [3.8, 4) is 0 Å². The van der Waals surface area contributed by atoms with Crippen molar-refractivity contribution in [2.24, 2.45) is 0 Å². The second kappa shape index (κ2) is 5.38. The molecule has 2 atom stereocenters. The number of fused-ring (bicyclic) bond motifs is 2. The Balaban J connectivity index is 1.73. The SMILES string of the molecule is Nc1nn(C(=O)[C@H]2CCNc3ccccc32)c2c1C[C@@H](O)CC2. The molecule has 0 saturated carbocycles. The number of nitrogens with two attached hydrogens (primary N) is 1. The molecule has 0 amide bonds. The highest BCUT2D eigenvalue weighted by atomic mass is 16.3. The van der Waals surface area contributed by atoms with Gasteiger partial charge in [-0.2, -0.15) is 0 Å². The Morgan fingerprint density at radius 1 is 1.35 bits per heavy atom. The fraction of sp³-hybridized carbons (Fsp3) is 0.412. The summed E-state index contributed by atoms with van der Waals surface area (Å²) in [7, 11) is 0. The molecular formula is C17H20N4O2. The van der Waals surface area contributed by atoms with Gasteiger partial charge in [-0.25, -0.2) is 4.68 Å². The van der Waals surface area contributed by atoms with Gasteiger partial charge in [0, 0.05) is 24.2 Å². The van der Waals surface area contributed by atoms with Crippen LogP contribution in [0.4, 0.5) is 11.5 Å². The summed E-state index contributed by atoms with van der Waals surface area (Å²) in [5.41, 5.74) is 9.71. The summed E-state index contributed by atoms with van der Waals surface area (Å²) in [5, 5.41) is 17.4. The van der Waals surface area contributed by atoms with Crippen LogP contribution in [0, 0.1) is 0 Å². The summed E-state index contributed by atoms with van der Waals surface area (Å²) in [6.07, 6.45) is 2.12. The number of rotatable bonds is 1. The van der Waals surface area contributed by atoms with Crippen LogP contribution in [0.1, 0.15) is 40.4 Å². The van der Waals surface area contributed by atoms with Gasteiger partial charge in [0.05, 0.1) is 17.7 Å². The van der Waals surface area contributed by atoms with Gasteiger partial charge in [-0.05, 0) is 30.9 Å². The van der Waals surface area contributed by atoms with Gasteiger partial charge in [-0.1, -0.05) is 18.2 Å². The number of nitrogen functional groups attached to an aromatic ring is 1. The van der Waals surface area contributed by atoms with Gasteiger partial charge in [-0.3, -0.25) is 4.79 Å². The van der Waals surface area contributed by atoms with Crippen molar-refractivity contribution in [3.63, 3.8) is 0 Å². The van der Waals surface area contributed by atoms with Crippen molar-refractivity contribution in [1.29, 1.82) is 0 Å². The van der Waals surface area contributed by atoms with Crippen molar-refractivity contribution in [2.45, 2.75) is 37.7 Å². The fourth-order valence-corrected chi connectivity index (χ4v) is 3.68. The van der Waals surface area contributed by atoms with E-state index in [1.54, 1.807) is 0 Å². The van der Waals surface area contributed by atoms with Crippen LogP contribution in [0.15, 0.2) is 24.3 Å². The van der Waals surface area contributed by atoms with Crippen molar-refractivity contribution in [1.82, 2.24) is 9.78 Å². The number of nitrogens with zero attached hydrogens (tertiary/aromatic N) is 2. The molecule has 1 aromatic heterocycles. The van der Waals surface area contributed by atoms with Crippen LogP contribution < -0.4 is 11.1 Å². The van der Waals surface area contributed by atoms with Crippen molar-refractivity contribution in [2.75, 3.05) is 17.6 Å². The van der Waals surface area contributed by atoms with Gasteiger partial charge in [-0.15, -0.1) is 5.10 Å². The van der Waals surface area contributed by atoms with E-state index in [2.05, 4.69) is 10.4 Å². The van der Waals surface area contributed by atoms with Gasteiger partial charge >= 0.3 is 0 Å². The minimum Gasteiger partial charge on any atom is -0.393 e. The molecule has 1 aliphatic carbocycles. The molecule has 4 rings (SSSR count). The van der Waals surface area contributed by atoms with Crippen LogP contribution in [-0.2, 0) is 12.8 Å². The van der Waals surface area contributed by atoms with Gasteiger partial charge in [0.1, 0.15) is 5.82 Å². The predicted octanol–water partition coefficient (Wildman–Crippen LogP) is 1.55. The number of aromatic nitrogens is 2. The number of carbonyl (C=O) groups excluding carboxylic acids is 1. The number of hydrogen-bond acceptors (Lipinski definition) is 5. The van der Waals surface area contributed by atoms with E-state index in [0.717, 1.165) is 35.5 Å². The Labute approximate surface area is 134 Å². The third-order valence-electron chi connectivity index (χ3n) is 4.87. The number of benzene rings is 1. The van der Waals surface area contributed by atoms with Crippen LogP contribution >= 0.6 is 0 Å². The normalized spacial score (nSPS) is 22.8. The van der Waals surface area contributed by atoms with E-state index in [4.69, 9.17) is 5.73 Å². The van der Waals surface area contributed by atoms with Crippen LogP contribution in [0.5, 0.6) is 0 Å². The highest BCUT2D eigenvalue weighted by molar-refractivity contribution is 5.89. The van der Waals surface area contributed by atoms with E-state index in [1.165, 1.54) is 4.68 Å². The van der Waals surface area contributed by atoms with Crippen LogP contribution in [0.3, 0.4) is 0 Å². The Hall–Kier alpha value is -2.34. The Kier molecular flexibility index (Phi) is 3.34. The second-order valence-corrected chi connectivity index (χ2v) is 6.31. The second-order valence-electron chi connectivity index (χ2n) is 6.31. The summed E-state index contributed by atoms with van der Waals surface area (Å²) in [5.74, 6) is 0.139. The molecule has 0 spiro atoms. The lowest BCUT2D eigenvalue weighted by atomic mass is 9.89. The van der Waals surface area contributed by atoms with Gasteiger partial charge in [0.25, 0.3) is 5.91 Å². The topological polar surface area (TPSA) is 93.2 Å². The number of anilines is 2. The first kappa shape index (κ1) is 14.3. The molecule has 0 radical (unpaired) electrons. The zero-order valence-corrected chi connectivity index (χ0v) is 12.8. The quantitative estimate of drug-likeness (QED) is 0.743. The average molecular weight is 312 g/mol. The third-order valence-corrected chi connectivity index (χ3v) is 4.87. The van der Waals surface area contributed by atoms with E-state index in [9.17, 15) is 9.90 Å². The molecule has 1 aromatic carbocycles. The average Bonchev–Trinajstić information content (AvgIpc) is 2.90. The molecule has 1 aliphatic heterocycles. The molecule has 6 heteroatoms. The summed E-state index contributed by atoms with van der Waals surface area (Å²) >= 11 is 0. The van der Waals surface area contributed by atoms with Crippen LogP contribution in [0.25, 0.3) is 0 Å². The Morgan fingerprint density at radius 3 is 3.04 bits per heavy atom. The molecule has 6 nitrogen and oxygen atoms in total. The van der Waals surface area contributed by atoms with Gasteiger partial charge in [0.15, 0.2) is 0 Å². The number of hydrogen-bond donors (Lipinski definition) is 3. The van der Waals surface area contributed by atoms with E-state index in [1.807, 2.05) is 24.3 Å². The first-order valence-corrected chi connectivity index (χ1v) is 8.06. The Bertz CT molecular complexity index is 768. The number of nitrogens with one attached hydrogen (secondary N) is 1. The zero-order chi connectivity index (χ0) is 16.0. The first-order chi connectivity index (χ1) is 11.1. The lowest BCUT2D eigenvalue weighted by Crippen LogP contribution is -2.30. The molecular weight excluding hydrogens is 292 g/mol. The third kappa shape index (κ3) is 2.30. The maximum absolute atomic E-state index is 13.1. The molecule has 2 aromatic rings.